The van der Waals surface area contributed by atoms with E-state index in [4.69, 9.17) is 5.26 Å². The fraction of sp³-hybridized carbons (Fsp3) is 0.222. The lowest BCUT2D eigenvalue weighted by atomic mass is 10.2. The van der Waals surface area contributed by atoms with Crippen molar-refractivity contribution in [3.8, 4) is 6.07 Å². The van der Waals surface area contributed by atoms with Crippen LogP contribution in [-0.2, 0) is 0 Å². The Hall–Kier alpha value is -1.89. The van der Waals surface area contributed by atoms with E-state index in [9.17, 15) is 4.91 Å². The highest BCUT2D eigenvalue weighted by Crippen LogP contribution is 2.15. The van der Waals surface area contributed by atoms with Crippen molar-refractivity contribution >= 4 is 11.4 Å². The fourth-order valence-electron chi connectivity index (χ4n) is 0.901. The molecule has 1 aromatic rings. The topological polar surface area (TPSA) is 65.2 Å². The van der Waals surface area contributed by atoms with Crippen LogP contribution >= 0.6 is 0 Å². The molecule has 1 aromatic carbocycles. The summed E-state index contributed by atoms with van der Waals surface area (Å²) >= 11 is 0. The van der Waals surface area contributed by atoms with Crippen molar-refractivity contribution in [2.45, 2.75) is 13.0 Å². The van der Waals surface area contributed by atoms with Gasteiger partial charge >= 0.3 is 0 Å². The van der Waals surface area contributed by atoms with Crippen molar-refractivity contribution < 1.29 is 0 Å². The summed E-state index contributed by atoms with van der Waals surface area (Å²) in [4.78, 5) is 10.1. The standard InChI is InChI=1S/C9H9N3O/c1-7(6-10)11-8-2-4-9(12-13)5-3-8/h2-5,7,11H,1H3. The first-order valence-corrected chi connectivity index (χ1v) is 3.86. The molecule has 0 aliphatic rings. The van der Waals surface area contributed by atoms with Crippen LogP contribution in [0.2, 0.25) is 0 Å². The first-order valence-electron chi connectivity index (χ1n) is 3.86. The zero-order valence-corrected chi connectivity index (χ0v) is 7.19. The Labute approximate surface area is 76.2 Å². The molecule has 0 heterocycles. The second-order valence-corrected chi connectivity index (χ2v) is 2.63. The lowest BCUT2D eigenvalue weighted by Gasteiger charge is -2.06. The van der Waals surface area contributed by atoms with Crippen molar-refractivity contribution in [1.29, 1.82) is 5.26 Å². The van der Waals surface area contributed by atoms with E-state index in [-0.39, 0.29) is 6.04 Å². The van der Waals surface area contributed by atoms with Crippen LogP contribution in [0, 0.1) is 16.2 Å². The fourth-order valence-corrected chi connectivity index (χ4v) is 0.901. The molecule has 0 spiro atoms. The number of nitrogens with one attached hydrogen (secondary N) is 1. The Morgan fingerprint density at radius 1 is 1.46 bits per heavy atom. The number of nitrogens with zero attached hydrogens (tertiary/aromatic N) is 2. The van der Waals surface area contributed by atoms with Crippen molar-refractivity contribution in [2.24, 2.45) is 5.18 Å². The molecule has 1 atom stereocenters. The molecule has 4 nitrogen and oxygen atoms in total. The summed E-state index contributed by atoms with van der Waals surface area (Å²) in [7, 11) is 0. The molecule has 0 aromatic heterocycles. The van der Waals surface area contributed by atoms with Crippen LogP contribution in [0.1, 0.15) is 6.92 Å². The van der Waals surface area contributed by atoms with E-state index in [1.165, 1.54) is 0 Å². The molecule has 1 rings (SSSR count). The van der Waals surface area contributed by atoms with E-state index in [2.05, 4.69) is 10.5 Å². The Balaban J connectivity index is 2.70. The van der Waals surface area contributed by atoms with Gasteiger partial charge in [0.1, 0.15) is 11.7 Å². The van der Waals surface area contributed by atoms with E-state index < -0.39 is 0 Å². The molecule has 0 aliphatic carbocycles. The number of rotatable bonds is 3. The molecule has 0 fully saturated rings. The molecule has 0 saturated carbocycles. The third-order valence-corrected chi connectivity index (χ3v) is 1.55. The van der Waals surface area contributed by atoms with E-state index in [1.807, 2.05) is 6.07 Å². The summed E-state index contributed by atoms with van der Waals surface area (Å²) in [5.41, 5.74) is 1.19. The minimum absolute atomic E-state index is 0.241. The number of nitriles is 1. The van der Waals surface area contributed by atoms with Crippen molar-refractivity contribution in [3.05, 3.63) is 29.2 Å². The summed E-state index contributed by atoms with van der Waals surface area (Å²) in [6.07, 6.45) is 0. The zero-order chi connectivity index (χ0) is 9.68. The van der Waals surface area contributed by atoms with E-state index in [0.29, 0.717) is 5.69 Å². The number of hydrogen-bond donors (Lipinski definition) is 1. The normalized spacial score (nSPS) is 11.4. The molecule has 0 saturated heterocycles. The summed E-state index contributed by atoms with van der Waals surface area (Å²) in [6, 6.07) is 8.42. The predicted octanol–water partition coefficient (Wildman–Crippen LogP) is 2.41. The second kappa shape index (κ2) is 4.21. The SMILES string of the molecule is CC(C#N)Nc1ccc(N=O)cc1. The maximum atomic E-state index is 10.1. The summed E-state index contributed by atoms with van der Waals surface area (Å²) in [5, 5.41) is 14.2. The molecule has 13 heavy (non-hydrogen) atoms. The van der Waals surface area contributed by atoms with Gasteiger partial charge in [0.25, 0.3) is 0 Å². The molecular weight excluding hydrogens is 166 g/mol. The third kappa shape index (κ3) is 2.56. The van der Waals surface area contributed by atoms with Gasteiger partial charge in [0.15, 0.2) is 0 Å². The van der Waals surface area contributed by atoms with Crippen molar-refractivity contribution in [2.75, 3.05) is 5.32 Å². The van der Waals surface area contributed by atoms with Crippen LogP contribution in [0.15, 0.2) is 29.4 Å². The minimum atomic E-state index is -0.241. The summed E-state index contributed by atoms with van der Waals surface area (Å²) < 4.78 is 0. The van der Waals surface area contributed by atoms with Gasteiger partial charge in [-0.25, -0.2) is 0 Å². The monoisotopic (exact) mass is 175 g/mol. The van der Waals surface area contributed by atoms with Gasteiger partial charge in [0.05, 0.1) is 6.07 Å². The first-order chi connectivity index (χ1) is 6.26. The maximum Gasteiger partial charge on any atom is 0.111 e. The number of hydrogen-bond acceptors (Lipinski definition) is 4. The molecule has 4 heteroatoms. The van der Waals surface area contributed by atoms with Crippen LogP contribution in [0.5, 0.6) is 0 Å². The molecule has 0 aliphatic heterocycles. The average Bonchev–Trinajstić information content (AvgIpc) is 2.19. The molecule has 1 unspecified atom stereocenters. The van der Waals surface area contributed by atoms with E-state index in [1.54, 1.807) is 31.2 Å². The summed E-state index contributed by atoms with van der Waals surface area (Å²) in [5.74, 6) is 0. The average molecular weight is 175 g/mol. The van der Waals surface area contributed by atoms with E-state index in [0.717, 1.165) is 5.69 Å². The Morgan fingerprint density at radius 3 is 2.54 bits per heavy atom. The quantitative estimate of drug-likeness (QED) is 0.717. The zero-order valence-electron chi connectivity index (χ0n) is 7.19. The molecule has 1 N–H and O–H groups in total. The number of nitroso groups, excluding NO2 is 1. The van der Waals surface area contributed by atoms with Gasteiger partial charge in [0, 0.05) is 5.69 Å². The molecule has 0 amide bonds. The highest BCUT2D eigenvalue weighted by Gasteiger charge is 1.98. The lowest BCUT2D eigenvalue weighted by molar-refractivity contribution is 1.01. The van der Waals surface area contributed by atoms with Crippen LogP contribution in [0.25, 0.3) is 0 Å². The smallest absolute Gasteiger partial charge is 0.111 e. The largest absolute Gasteiger partial charge is 0.370 e. The number of anilines is 1. The Bertz CT molecular complexity index is 326. The van der Waals surface area contributed by atoms with Crippen LogP contribution < -0.4 is 5.32 Å². The molecule has 0 bridgehead atoms. The lowest BCUT2D eigenvalue weighted by Crippen LogP contribution is -2.11. The molecule has 0 radical (unpaired) electrons. The van der Waals surface area contributed by atoms with Crippen molar-refractivity contribution in [3.63, 3.8) is 0 Å². The highest BCUT2D eigenvalue weighted by molar-refractivity contribution is 5.51. The molecule has 66 valence electrons. The van der Waals surface area contributed by atoms with E-state index >= 15 is 0 Å². The van der Waals surface area contributed by atoms with Gasteiger partial charge in [-0.2, -0.15) is 5.26 Å². The van der Waals surface area contributed by atoms with Crippen LogP contribution in [0.3, 0.4) is 0 Å². The Kier molecular flexibility index (Phi) is 2.98. The Morgan fingerprint density at radius 2 is 2.08 bits per heavy atom. The van der Waals surface area contributed by atoms with Gasteiger partial charge < -0.3 is 5.32 Å². The maximum absolute atomic E-state index is 10.1. The van der Waals surface area contributed by atoms with Crippen molar-refractivity contribution in [1.82, 2.24) is 0 Å². The summed E-state index contributed by atoms with van der Waals surface area (Å²) in [6.45, 7) is 1.76. The van der Waals surface area contributed by atoms with Gasteiger partial charge in [-0.3, -0.25) is 0 Å². The van der Waals surface area contributed by atoms with Gasteiger partial charge in [-0.05, 0) is 36.4 Å². The highest BCUT2D eigenvalue weighted by atomic mass is 16.3. The minimum Gasteiger partial charge on any atom is -0.370 e. The number of benzene rings is 1. The molecular formula is C9H9N3O. The third-order valence-electron chi connectivity index (χ3n) is 1.55. The van der Waals surface area contributed by atoms with Gasteiger partial charge in [0.2, 0.25) is 0 Å². The van der Waals surface area contributed by atoms with Crippen LogP contribution in [0.4, 0.5) is 11.4 Å². The van der Waals surface area contributed by atoms with Gasteiger partial charge in [-0.15, -0.1) is 4.91 Å². The second-order valence-electron chi connectivity index (χ2n) is 2.63. The van der Waals surface area contributed by atoms with Gasteiger partial charge in [-0.1, -0.05) is 0 Å². The predicted molar refractivity (Wildman–Crippen MR) is 50.6 cm³/mol. The van der Waals surface area contributed by atoms with Crippen LogP contribution in [-0.4, -0.2) is 6.04 Å². The first kappa shape index (κ1) is 9.20.